The van der Waals surface area contributed by atoms with Crippen molar-refractivity contribution < 1.29 is 4.74 Å². The number of thiazole rings is 1. The Kier molecular flexibility index (Phi) is 4.33. The van der Waals surface area contributed by atoms with Gasteiger partial charge in [-0.25, -0.2) is 4.98 Å². The van der Waals surface area contributed by atoms with E-state index in [0.717, 1.165) is 33.3 Å². The summed E-state index contributed by atoms with van der Waals surface area (Å²) in [6.45, 7) is 10.5. The third-order valence-electron chi connectivity index (χ3n) is 3.53. The molecule has 1 aromatic carbocycles. The van der Waals surface area contributed by atoms with E-state index in [4.69, 9.17) is 4.74 Å². The van der Waals surface area contributed by atoms with Crippen molar-refractivity contribution in [1.29, 1.82) is 0 Å². The predicted octanol–water partition coefficient (Wildman–Crippen LogP) is 4.56. The minimum atomic E-state index is 0.186. The Balaban J connectivity index is 2.28. The fraction of sp³-hybridized carbons (Fsp3) is 0.438. The van der Waals surface area contributed by atoms with E-state index in [1.165, 1.54) is 4.88 Å². The van der Waals surface area contributed by atoms with Gasteiger partial charge in [-0.15, -0.1) is 11.3 Å². The first kappa shape index (κ1) is 14.9. The lowest BCUT2D eigenvalue weighted by Crippen LogP contribution is -2.10. The fourth-order valence-electron chi connectivity index (χ4n) is 2.55. The van der Waals surface area contributed by atoms with E-state index in [1.807, 2.05) is 6.92 Å². The molecule has 1 heterocycles. The van der Waals surface area contributed by atoms with Crippen LogP contribution in [-0.4, -0.2) is 12.1 Å². The number of methoxy groups -OCH3 is 1. The minimum Gasteiger partial charge on any atom is -0.496 e. The molecule has 1 N–H and O–H groups in total. The molecule has 0 aliphatic heterocycles. The van der Waals surface area contributed by atoms with E-state index < -0.39 is 0 Å². The second kappa shape index (κ2) is 5.83. The Morgan fingerprint density at radius 2 is 1.90 bits per heavy atom. The van der Waals surface area contributed by atoms with Crippen LogP contribution in [0, 0.1) is 27.7 Å². The van der Waals surface area contributed by atoms with Crippen LogP contribution in [0.3, 0.4) is 0 Å². The topological polar surface area (TPSA) is 34.1 Å². The highest BCUT2D eigenvalue weighted by Gasteiger charge is 2.15. The van der Waals surface area contributed by atoms with Crippen molar-refractivity contribution in [3.8, 4) is 5.75 Å². The van der Waals surface area contributed by atoms with Crippen molar-refractivity contribution in [3.63, 3.8) is 0 Å². The zero-order valence-corrected chi connectivity index (χ0v) is 13.8. The second-order valence-corrected chi connectivity index (χ2v) is 6.54. The average Bonchev–Trinajstić information content (AvgIpc) is 2.73. The smallest absolute Gasteiger partial charge is 0.126 e. The number of benzene rings is 1. The summed E-state index contributed by atoms with van der Waals surface area (Å²) in [5, 5.41) is 4.66. The van der Waals surface area contributed by atoms with E-state index >= 15 is 0 Å². The van der Waals surface area contributed by atoms with Crippen LogP contribution in [0.25, 0.3) is 0 Å². The molecule has 4 heteroatoms. The quantitative estimate of drug-likeness (QED) is 0.896. The Bertz CT molecular complexity index is 619. The van der Waals surface area contributed by atoms with E-state index in [0.29, 0.717) is 0 Å². The number of hydrogen-bond acceptors (Lipinski definition) is 4. The van der Waals surface area contributed by atoms with Gasteiger partial charge >= 0.3 is 0 Å². The molecule has 0 saturated carbocycles. The van der Waals surface area contributed by atoms with E-state index in [2.05, 4.69) is 50.1 Å². The van der Waals surface area contributed by atoms with Crippen molar-refractivity contribution in [2.24, 2.45) is 0 Å². The van der Waals surface area contributed by atoms with Gasteiger partial charge in [0, 0.05) is 16.1 Å². The van der Waals surface area contributed by atoms with Crippen molar-refractivity contribution in [1.82, 2.24) is 4.98 Å². The molecule has 0 aliphatic carbocycles. The predicted molar refractivity (Wildman–Crippen MR) is 86.1 cm³/mol. The Hall–Kier alpha value is -1.55. The molecule has 1 unspecified atom stereocenters. The third kappa shape index (κ3) is 2.80. The van der Waals surface area contributed by atoms with Crippen molar-refractivity contribution >= 4 is 17.0 Å². The van der Waals surface area contributed by atoms with Gasteiger partial charge in [-0.05, 0) is 46.2 Å². The van der Waals surface area contributed by atoms with Gasteiger partial charge < -0.3 is 10.1 Å². The molecule has 0 fully saturated rings. The molecule has 0 amide bonds. The normalized spacial score (nSPS) is 12.3. The number of nitrogens with zero attached hydrogens (tertiary/aromatic N) is 1. The second-order valence-electron chi connectivity index (χ2n) is 5.13. The van der Waals surface area contributed by atoms with E-state index in [-0.39, 0.29) is 6.04 Å². The van der Waals surface area contributed by atoms with Crippen LogP contribution in [-0.2, 0) is 0 Å². The molecule has 3 nitrogen and oxygen atoms in total. The van der Waals surface area contributed by atoms with Gasteiger partial charge in [-0.3, -0.25) is 0 Å². The molecule has 0 spiro atoms. The van der Waals surface area contributed by atoms with E-state index in [9.17, 15) is 0 Å². The molecule has 1 aromatic heterocycles. The van der Waals surface area contributed by atoms with Crippen molar-refractivity contribution in [3.05, 3.63) is 38.8 Å². The monoisotopic (exact) mass is 290 g/mol. The molecule has 0 aliphatic rings. The van der Waals surface area contributed by atoms with Crippen LogP contribution in [0.5, 0.6) is 5.75 Å². The van der Waals surface area contributed by atoms with Crippen LogP contribution in [0.2, 0.25) is 0 Å². The fourth-order valence-corrected chi connectivity index (χ4v) is 3.46. The van der Waals surface area contributed by atoms with Gasteiger partial charge in [-0.2, -0.15) is 0 Å². The molecule has 2 rings (SSSR count). The molecule has 0 bridgehead atoms. The van der Waals surface area contributed by atoms with Gasteiger partial charge in [0.2, 0.25) is 0 Å². The lowest BCUT2D eigenvalue weighted by molar-refractivity contribution is 0.409. The van der Waals surface area contributed by atoms with Gasteiger partial charge in [0.15, 0.2) is 0 Å². The average molecular weight is 290 g/mol. The van der Waals surface area contributed by atoms with Crippen LogP contribution in [0.4, 0.5) is 5.69 Å². The maximum absolute atomic E-state index is 5.48. The molecular weight excluding hydrogens is 268 g/mol. The highest BCUT2D eigenvalue weighted by Crippen LogP contribution is 2.32. The first-order chi connectivity index (χ1) is 9.43. The lowest BCUT2D eigenvalue weighted by Gasteiger charge is -2.19. The van der Waals surface area contributed by atoms with Gasteiger partial charge in [-0.1, -0.05) is 6.07 Å². The largest absolute Gasteiger partial charge is 0.496 e. The Morgan fingerprint density at radius 1 is 1.20 bits per heavy atom. The maximum atomic E-state index is 5.48. The first-order valence-corrected chi connectivity index (χ1v) is 7.60. The summed E-state index contributed by atoms with van der Waals surface area (Å²) in [5.41, 5.74) is 4.53. The number of nitrogens with one attached hydrogen (secondary N) is 1. The Labute approximate surface area is 125 Å². The maximum Gasteiger partial charge on any atom is 0.126 e. The Morgan fingerprint density at radius 3 is 2.45 bits per heavy atom. The summed E-state index contributed by atoms with van der Waals surface area (Å²) >= 11 is 1.75. The van der Waals surface area contributed by atoms with Gasteiger partial charge in [0.1, 0.15) is 5.75 Å². The number of aryl methyl sites for hydroxylation is 3. The van der Waals surface area contributed by atoms with Crippen LogP contribution >= 0.6 is 11.3 Å². The molecular formula is C16H22N2OS. The summed E-state index contributed by atoms with van der Waals surface area (Å²) in [5.74, 6) is 0.952. The first-order valence-electron chi connectivity index (χ1n) is 6.78. The number of anilines is 1. The van der Waals surface area contributed by atoms with Crippen molar-refractivity contribution in [2.45, 2.75) is 40.7 Å². The number of ether oxygens (including phenoxy) is 1. The summed E-state index contributed by atoms with van der Waals surface area (Å²) in [7, 11) is 1.72. The van der Waals surface area contributed by atoms with Crippen LogP contribution < -0.4 is 10.1 Å². The molecule has 0 radical (unpaired) electrons. The number of rotatable bonds is 4. The van der Waals surface area contributed by atoms with Gasteiger partial charge in [0.25, 0.3) is 0 Å². The molecule has 0 saturated heterocycles. The molecule has 108 valence electrons. The number of aromatic nitrogens is 1. The summed E-state index contributed by atoms with van der Waals surface area (Å²) in [6.07, 6.45) is 0. The minimum absolute atomic E-state index is 0.186. The SMILES string of the molecule is COc1c(C)ccc(NC(C)c2nc(C)sc2C)c1C. The zero-order chi connectivity index (χ0) is 14.9. The summed E-state index contributed by atoms with van der Waals surface area (Å²) in [4.78, 5) is 5.90. The third-order valence-corrected chi connectivity index (χ3v) is 4.43. The standard InChI is InChI=1S/C16H22N2OS/c1-9-7-8-14(10(2)16(9)19-6)17-11(3)15-12(4)20-13(5)18-15/h7-8,11,17H,1-6H3. The summed E-state index contributed by atoms with van der Waals surface area (Å²) in [6, 6.07) is 4.38. The zero-order valence-electron chi connectivity index (χ0n) is 13.0. The van der Waals surface area contributed by atoms with E-state index in [1.54, 1.807) is 18.4 Å². The lowest BCUT2D eigenvalue weighted by atomic mass is 10.1. The number of hydrogen-bond donors (Lipinski definition) is 1. The highest BCUT2D eigenvalue weighted by molar-refractivity contribution is 7.11. The molecule has 2 aromatic rings. The van der Waals surface area contributed by atoms with Crippen LogP contribution in [0.1, 0.15) is 39.7 Å². The summed E-state index contributed by atoms with van der Waals surface area (Å²) < 4.78 is 5.48. The molecule has 20 heavy (non-hydrogen) atoms. The van der Waals surface area contributed by atoms with Crippen LogP contribution in [0.15, 0.2) is 12.1 Å². The van der Waals surface area contributed by atoms with Gasteiger partial charge in [0.05, 0.1) is 23.9 Å². The highest BCUT2D eigenvalue weighted by atomic mass is 32.1. The molecule has 1 atom stereocenters. The van der Waals surface area contributed by atoms with Crippen molar-refractivity contribution in [2.75, 3.05) is 12.4 Å².